The number of hydrogen-bond donors (Lipinski definition) is 2. The van der Waals surface area contributed by atoms with Gasteiger partial charge in [0.15, 0.2) is 15.0 Å². The van der Waals surface area contributed by atoms with Crippen LogP contribution in [0.3, 0.4) is 0 Å². The van der Waals surface area contributed by atoms with Gasteiger partial charge < -0.3 is 11.1 Å². The molecule has 0 bridgehead atoms. The van der Waals surface area contributed by atoms with Crippen LogP contribution in [0, 0.1) is 0 Å². The van der Waals surface area contributed by atoms with Crippen molar-refractivity contribution in [2.45, 2.75) is 37.5 Å². The predicted octanol–water partition coefficient (Wildman–Crippen LogP) is 1.07. The molecule has 8 heteroatoms. The summed E-state index contributed by atoms with van der Waals surface area (Å²) >= 11 is 1.25. The second kappa shape index (κ2) is 5.56. The molecule has 0 spiro atoms. The van der Waals surface area contributed by atoms with Gasteiger partial charge in [-0.25, -0.2) is 13.4 Å². The number of amides is 1. The van der Waals surface area contributed by atoms with Crippen LogP contribution in [0.4, 0.5) is 5.13 Å². The van der Waals surface area contributed by atoms with Crippen LogP contribution in [0.5, 0.6) is 0 Å². The molecule has 2 atom stereocenters. The Kier molecular flexibility index (Phi) is 4.22. The summed E-state index contributed by atoms with van der Waals surface area (Å²) in [5, 5.41) is 3.80. The minimum Gasteiger partial charge on any atom is -0.323 e. The first-order valence-electron chi connectivity index (χ1n) is 6.13. The van der Waals surface area contributed by atoms with E-state index in [0.717, 1.165) is 6.42 Å². The van der Waals surface area contributed by atoms with Crippen LogP contribution in [0.15, 0.2) is 5.38 Å². The molecule has 1 saturated heterocycles. The topological polar surface area (TPSA) is 102 Å². The lowest BCUT2D eigenvalue weighted by molar-refractivity contribution is -0.116. The Morgan fingerprint density at radius 1 is 1.58 bits per heavy atom. The predicted molar refractivity (Wildman–Crippen MR) is 74.8 cm³/mol. The van der Waals surface area contributed by atoms with Gasteiger partial charge in [0.05, 0.1) is 11.4 Å². The fourth-order valence-electron chi connectivity index (χ4n) is 1.99. The third-order valence-corrected chi connectivity index (χ3v) is 6.04. The third-order valence-electron chi connectivity index (χ3n) is 3.09. The van der Waals surface area contributed by atoms with Crippen molar-refractivity contribution < 1.29 is 13.2 Å². The Labute approximate surface area is 116 Å². The van der Waals surface area contributed by atoms with Crippen molar-refractivity contribution in [2.24, 2.45) is 5.73 Å². The standard InChI is InChI=1S/C11H17N3O3S2/c1-7(12)8-6-18-11(13-8)14-10(15)9-4-2-3-5-19(9,16)17/h6-7,9H,2-5,12H2,1H3,(H,13,14,15). The first-order chi connectivity index (χ1) is 8.90. The molecule has 0 saturated carbocycles. The summed E-state index contributed by atoms with van der Waals surface area (Å²) in [5.41, 5.74) is 6.37. The normalized spacial score (nSPS) is 23.8. The Morgan fingerprint density at radius 3 is 2.89 bits per heavy atom. The zero-order chi connectivity index (χ0) is 14.0. The summed E-state index contributed by atoms with van der Waals surface area (Å²) < 4.78 is 23.7. The van der Waals surface area contributed by atoms with Crippen LogP contribution in [0.1, 0.15) is 37.9 Å². The highest BCUT2D eigenvalue weighted by Crippen LogP contribution is 2.23. The molecule has 3 N–H and O–H groups in total. The number of nitrogens with zero attached hydrogens (tertiary/aromatic N) is 1. The maximum Gasteiger partial charge on any atom is 0.244 e. The number of carbonyl (C=O) groups is 1. The molecule has 1 amide bonds. The van der Waals surface area contributed by atoms with E-state index in [1.165, 1.54) is 11.3 Å². The molecule has 0 aliphatic carbocycles. The Bertz CT molecular complexity index is 565. The Balaban J connectivity index is 2.07. The van der Waals surface area contributed by atoms with E-state index in [0.29, 0.717) is 23.7 Å². The number of nitrogens with one attached hydrogen (secondary N) is 1. The van der Waals surface area contributed by atoms with Gasteiger partial charge in [-0.1, -0.05) is 6.42 Å². The summed E-state index contributed by atoms with van der Waals surface area (Å²) in [5.74, 6) is -0.390. The van der Waals surface area contributed by atoms with Gasteiger partial charge in [0, 0.05) is 11.4 Å². The number of rotatable bonds is 3. The van der Waals surface area contributed by atoms with Gasteiger partial charge in [0.2, 0.25) is 5.91 Å². The van der Waals surface area contributed by atoms with E-state index >= 15 is 0 Å². The first-order valence-corrected chi connectivity index (χ1v) is 8.73. The molecule has 1 fully saturated rings. The number of aromatic nitrogens is 1. The van der Waals surface area contributed by atoms with Crippen LogP contribution in [0.25, 0.3) is 0 Å². The van der Waals surface area contributed by atoms with Crippen LogP contribution in [-0.2, 0) is 14.6 Å². The molecule has 106 valence electrons. The SMILES string of the molecule is CC(N)c1csc(NC(=O)C2CCCCS2(=O)=O)n1. The molecule has 0 radical (unpaired) electrons. The minimum atomic E-state index is -3.31. The van der Waals surface area contributed by atoms with Gasteiger partial charge in [-0.05, 0) is 19.8 Å². The zero-order valence-electron chi connectivity index (χ0n) is 10.6. The summed E-state index contributed by atoms with van der Waals surface area (Å²) in [6.45, 7) is 1.80. The van der Waals surface area contributed by atoms with E-state index in [-0.39, 0.29) is 11.8 Å². The van der Waals surface area contributed by atoms with Gasteiger partial charge in [-0.3, -0.25) is 4.79 Å². The van der Waals surface area contributed by atoms with Gasteiger partial charge in [0.1, 0.15) is 5.25 Å². The number of carbonyl (C=O) groups excluding carboxylic acids is 1. The lowest BCUT2D eigenvalue weighted by Crippen LogP contribution is -2.39. The number of nitrogens with two attached hydrogens (primary N) is 1. The quantitative estimate of drug-likeness (QED) is 0.869. The fraction of sp³-hybridized carbons (Fsp3) is 0.636. The Hall–Kier alpha value is -0.990. The summed E-state index contributed by atoms with van der Waals surface area (Å²) in [6.07, 6.45) is 1.79. The average Bonchev–Trinajstić information content (AvgIpc) is 2.76. The van der Waals surface area contributed by atoms with E-state index < -0.39 is 21.0 Å². The van der Waals surface area contributed by atoms with Crippen molar-refractivity contribution in [3.63, 3.8) is 0 Å². The highest BCUT2D eigenvalue weighted by Gasteiger charge is 2.35. The molecule has 6 nitrogen and oxygen atoms in total. The molecule has 2 heterocycles. The molecule has 2 rings (SSSR count). The highest BCUT2D eigenvalue weighted by molar-refractivity contribution is 7.92. The van der Waals surface area contributed by atoms with Crippen molar-refractivity contribution >= 4 is 32.2 Å². The third kappa shape index (κ3) is 3.31. The van der Waals surface area contributed by atoms with Crippen molar-refractivity contribution in [1.29, 1.82) is 0 Å². The van der Waals surface area contributed by atoms with Crippen molar-refractivity contribution in [3.05, 3.63) is 11.1 Å². The molecular weight excluding hydrogens is 286 g/mol. The number of sulfone groups is 1. The lowest BCUT2D eigenvalue weighted by atomic mass is 10.2. The first kappa shape index (κ1) is 14.4. The molecule has 1 aromatic rings. The van der Waals surface area contributed by atoms with Gasteiger partial charge in [-0.15, -0.1) is 11.3 Å². The molecule has 2 unspecified atom stereocenters. The lowest BCUT2D eigenvalue weighted by Gasteiger charge is -2.20. The number of anilines is 1. The maximum atomic E-state index is 12.0. The van der Waals surface area contributed by atoms with Crippen LogP contribution in [0.2, 0.25) is 0 Å². The monoisotopic (exact) mass is 303 g/mol. The largest absolute Gasteiger partial charge is 0.323 e. The van der Waals surface area contributed by atoms with Gasteiger partial charge in [0.25, 0.3) is 0 Å². The fourth-order valence-corrected chi connectivity index (χ4v) is 4.61. The van der Waals surface area contributed by atoms with E-state index in [9.17, 15) is 13.2 Å². The number of thiazole rings is 1. The van der Waals surface area contributed by atoms with Gasteiger partial charge in [-0.2, -0.15) is 0 Å². The van der Waals surface area contributed by atoms with Crippen molar-refractivity contribution in [1.82, 2.24) is 4.98 Å². The minimum absolute atomic E-state index is 0.0913. The van der Waals surface area contributed by atoms with Crippen LogP contribution < -0.4 is 11.1 Å². The van der Waals surface area contributed by atoms with Crippen LogP contribution in [-0.4, -0.2) is 30.3 Å². The van der Waals surface area contributed by atoms with Crippen molar-refractivity contribution in [3.8, 4) is 0 Å². The van der Waals surface area contributed by atoms with Crippen molar-refractivity contribution in [2.75, 3.05) is 11.1 Å². The molecule has 1 aliphatic rings. The maximum absolute atomic E-state index is 12.0. The van der Waals surface area contributed by atoms with E-state index in [1.54, 1.807) is 12.3 Å². The zero-order valence-corrected chi connectivity index (χ0v) is 12.3. The highest BCUT2D eigenvalue weighted by atomic mass is 32.2. The Morgan fingerprint density at radius 2 is 2.32 bits per heavy atom. The van der Waals surface area contributed by atoms with Gasteiger partial charge >= 0.3 is 0 Å². The van der Waals surface area contributed by atoms with Crippen LogP contribution >= 0.6 is 11.3 Å². The second-order valence-electron chi connectivity index (χ2n) is 4.71. The van der Waals surface area contributed by atoms with E-state index in [2.05, 4.69) is 10.3 Å². The molecular formula is C11H17N3O3S2. The molecule has 19 heavy (non-hydrogen) atoms. The molecule has 1 aromatic heterocycles. The smallest absolute Gasteiger partial charge is 0.244 e. The second-order valence-corrected chi connectivity index (χ2v) is 7.87. The molecule has 0 aromatic carbocycles. The average molecular weight is 303 g/mol. The summed E-state index contributed by atoms with van der Waals surface area (Å²) in [4.78, 5) is 16.2. The van der Waals surface area contributed by atoms with E-state index in [1.807, 2.05) is 0 Å². The number of hydrogen-bond acceptors (Lipinski definition) is 6. The molecule has 1 aliphatic heterocycles. The summed E-state index contributed by atoms with van der Waals surface area (Å²) in [6, 6.07) is -0.208. The van der Waals surface area contributed by atoms with E-state index in [4.69, 9.17) is 5.73 Å². The summed E-state index contributed by atoms with van der Waals surface area (Å²) in [7, 11) is -3.31.